The fraction of sp³-hybridized carbons (Fsp3) is 0.273. The van der Waals surface area contributed by atoms with Crippen LogP contribution in [-0.4, -0.2) is 34.9 Å². The number of carbonyl (C=O) groups is 2. The lowest BCUT2D eigenvalue weighted by atomic mass is 10.3. The Bertz CT molecular complexity index is 671. The highest BCUT2D eigenvalue weighted by Gasteiger charge is 2.19. The number of anilines is 1. The lowest BCUT2D eigenvalue weighted by molar-refractivity contribution is -0.117. The van der Waals surface area contributed by atoms with Gasteiger partial charge in [0.25, 0.3) is 0 Å². The molecule has 4 N–H and O–H groups in total. The summed E-state index contributed by atoms with van der Waals surface area (Å²) in [6.07, 6.45) is 0. The Balaban J connectivity index is 2.55. The molecular weight excluding hydrogens is 302 g/mol. The first-order valence-electron chi connectivity index (χ1n) is 5.62. The van der Waals surface area contributed by atoms with E-state index in [1.54, 1.807) is 0 Å². The number of primary amides is 2. The molecule has 9 heteroatoms. The molecule has 20 heavy (non-hydrogen) atoms. The van der Waals surface area contributed by atoms with Gasteiger partial charge < -0.3 is 16.4 Å². The summed E-state index contributed by atoms with van der Waals surface area (Å²) in [5.74, 6) is -0.816. The van der Waals surface area contributed by atoms with Gasteiger partial charge in [-0.15, -0.1) is 11.3 Å². The molecule has 0 aliphatic carbocycles. The molecule has 0 radical (unpaired) electrons. The van der Waals surface area contributed by atoms with Crippen LogP contribution in [-0.2, 0) is 9.59 Å². The van der Waals surface area contributed by atoms with Crippen LogP contribution >= 0.6 is 22.9 Å². The van der Waals surface area contributed by atoms with Crippen molar-refractivity contribution in [3.05, 3.63) is 16.2 Å². The average molecular weight is 314 g/mol. The standard InChI is InChI=1S/C11H12ClN5O2S/c1-5-2-6-9(15-11(12)16-10(6)20-5)17(3-7(13)18)4-8(14)19/h2H,3-4H2,1H3,(H2,13,18)(H2,14,19). The maximum Gasteiger partial charge on any atom is 0.237 e. The summed E-state index contributed by atoms with van der Waals surface area (Å²) in [7, 11) is 0. The highest BCUT2D eigenvalue weighted by Crippen LogP contribution is 2.31. The topological polar surface area (TPSA) is 115 Å². The normalized spacial score (nSPS) is 10.7. The highest BCUT2D eigenvalue weighted by atomic mass is 35.5. The summed E-state index contributed by atoms with van der Waals surface area (Å²) < 4.78 is 0. The van der Waals surface area contributed by atoms with Gasteiger partial charge in [-0.2, -0.15) is 4.98 Å². The number of aromatic nitrogens is 2. The number of fused-ring (bicyclic) bond motifs is 1. The summed E-state index contributed by atoms with van der Waals surface area (Å²) in [6.45, 7) is 1.55. The number of carbonyl (C=O) groups excluding carboxylic acids is 2. The van der Waals surface area contributed by atoms with Crippen molar-refractivity contribution in [2.75, 3.05) is 18.0 Å². The van der Waals surface area contributed by atoms with Crippen LogP contribution in [0.3, 0.4) is 0 Å². The minimum Gasteiger partial charge on any atom is -0.368 e. The smallest absolute Gasteiger partial charge is 0.237 e. The van der Waals surface area contributed by atoms with Gasteiger partial charge in [-0.3, -0.25) is 9.59 Å². The lowest BCUT2D eigenvalue weighted by Crippen LogP contribution is -2.40. The predicted molar refractivity (Wildman–Crippen MR) is 77.8 cm³/mol. The van der Waals surface area contributed by atoms with Crippen LogP contribution in [0.1, 0.15) is 4.88 Å². The second-order valence-corrected chi connectivity index (χ2v) is 5.75. The van der Waals surface area contributed by atoms with Gasteiger partial charge in [0.05, 0.1) is 18.5 Å². The molecule has 0 aromatic carbocycles. The zero-order valence-corrected chi connectivity index (χ0v) is 12.2. The Kier molecular flexibility index (Phi) is 4.05. The number of aryl methyl sites for hydroxylation is 1. The summed E-state index contributed by atoms with van der Waals surface area (Å²) in [5, 5.41) is 0.743. The molecule has 2 rings (SSSR count). The fourth-order valence-electron chi connectivity index (χ4n) is 1.82. The molecule has 0 aliphatic heterocycles. The van der Waals surface area contributed by atoms with Crippen LogP contribution < -0.4 is 16.4 Å². The van der Waals surface area contributed by atoms with Crippen LogP contribution in [0.2, 0.25) is 5.28 Å². The summed E-state index contributed by atoms with van der Waals surface area (Å²) in [5.41, 5.74) is 10.4. The summed E-state index contributed by atoms with van der Waals surface area (Å²) in [4.78, 5) is 33.6. The first kappa shape index (κ1) is 14.5. The molecule has 0 bridgehead atoms. The molecule has 106 valence electrons. The van der Waals surface area contributed by atoms with E-state index in [2.05, 4.69) is 9.97 Å². The maximum atomic E-state index is 11.1. The van der Waals surface area contributed by atoms with Gasteiger partial charge in [-0.25, -0.2) is 4.98 Å². The molecule has 2 amide bonds. The maximum absolute atomic E-state index is 11.1. The van der Waals surface area contributed by atoms with E-state index in [1.165, 1.54) is 16.2 Å². The second kappa shape index (κ2) is 5.59. The Morgan fingerprint density at radius 2 is 1.90 bits per heavy atom. The highest BCUT2D eigenvalue weighted by molar-refractivity contribution is 7.18. The fourth-order valence-corrected chi connectivity index (χ4v) is 2.91. The van der Waals surface area contributed by atoms with E-state index in [4.69, 9.17) is 23.1 Å². The van der Waals surface area contributed by atoms with E-state index >= 15 is 0 Å². The minimum absolute atomic E-state index is 0.0355. The Morgan fingerprint density at radius 1 is 1.30 bits per heavy atom. The molecule has 0 spiro atoms. The molecule has 0 saturated carbocycles. The van der Waals surface area contributed by atoms with E-state index in [0.717, 1.165) is 4.88 Å². The number of hydrogen-bond donors (Lipinski definition) is 2. The van der Waals surface area contributed by atoms with Gasteiger partial charge in [0, 0.05) is 4.88 Å². The third kappa shape index (κ3) is 3.14. The molecule has 7 nitrogen and oxygen atoms in total. The van der Waals surface area contributed by atoms with Crippen molar-refractivity contribution in [3.63, 3.8) is 0 Å². The van der Waals surface area contributed by atoms with Crippen LogP contribution in [0.5, 0.6) is 0 Å². The predicted octanol–water partition coefficient (Wildman–Crippen LogP) is 0.430. The van der Waals surface area contributed by atoms with Gasteiger partial charge in [-0.1, -0.05) is 0 Å². The molecular formula is C11H12ClN5O2S. The third-order valence-electron chi connectivity index (χ3n) is 2.46. The average Bonchev–Trinajstić information content (AvgIpc) is 2.65. The Labute approximate surface area is 123 Å². The van der Waals surface area contributed by atoms with Crippen LogP contribution in [0.15, 0.2) is 6.07 Å². The van der Waals surface area contributed by atoms with Gasteiger partial charge in [0.15, 0.2) is 0 Å². The molecule has 0 atom stereocenters. The van der Waals surface area contributed by atoms with Crippen molar-refractivity contribution in [2.24, 2.45) is 11.5 Å². The van der Waals surface area contributed by atoms with E-state index in [-0.39, 0.29) is 18.4 Å². The Morgan fingerprint density at radius 3 is 2.45 bits per heavy atom. The molecule has 2 aromatic heterocycles. The third-order valence-corrected chi connectivity index (χ3v) is 3.57. The zero-order valence-electron chi connectivity index (χ0n) is 10.6. The number of thiophene rings is 1. The quantitative estimate of drug-likeness (QED) is 0.777. The number of hydrogen-bond acceptors (Lipinski definition) is 6. The number of halogens is 1. The lowest BCUT2D eigenvalue weighted by Gasteiger charge is -2.21. The van der Waals surface area contributed by atoms with E-state index < -0.39 is 11.8 Å². The van der Waals surface area contributed by atoms with Crippen molar-refractivity contribution in [2.45, 2.75) is 6.92 Å². The van der Waals surface area contributed by atoms with Crippen LogP contribution in [0, 0.1) is 6.92 Å². The zero-order chi connectivity index (χ0) is 14.9. The monoisotopic (exact) mass is 313 g/mol. The van der Waals surface area contributed by atoms with Gasteiger partial charge in [0.1, 0.15) is 10.6 Å². The van der Waals surface area contributed by atoms with Crippen molar-refractivity contribution in [1.29, 1.82) is 0 Å². The molecule has 2 heterocycles. The van der Waals surface area contributed by atoms with Crippen LogP contribution in [0.25, 0.3) is 10.2 Å². The SMILES string of the molecule is Cc1cc2c(N(CC(N)=O)CC(N)=O)nc(Cl)nc2s1. The molecule has 2 aromatic rings. The van der Waals surface area contributed by atoms with E-state index in [0.29, 0.717) is 16.0 Å². The van der Waals surface area contributed by atoms with E-state index in [1.807, 2.05) is 13.0 Å². The van der Waals surface area contributed by atoms with Crippen LogP contribution in [0.4, 0.5) is 5.82 Å². The first-order chi connectivity index (χ1) is 9.36. The van der Waals surface area contributed by atoms with Crippen molar-refractivity contribution in [1.82, 2.24) is 9.97 Å². The van der Waals surface area contributed by atoms with Gasteiger partial charge >= 0.3 is 0 Å². The first-order valence-corrected chi connectivity index (χ1v) is 6.81. The van der Waals surface area contributed by atoms with E-state index in [9.17, 15) is 9.59 Å². The summed E-state index contributed by atoms with van der Waals surface area (Å²) >= 11 is 7.32. The molecule has 0 saturated heterocycles. The molecule has 0 fully saturated rings. The minimum atomic E-state index is -0.596. The number of nitrogens with zero attached hydrogens (tertiary/aromatic N) is 3. The second-order valence-electron chi connectivity index (χ2n) is 4.18. The van der Waals surface area contributed by atoms with Gasteiger partial charge in [-0.05, 0) is 24.6 Å². The van der Waals surface area contributed by atoms with Crippen molar-refractivity contribution in [3.8, 4) is 0 Å². The number of nitrogens with two attached hydrogens (primary N) is 2. The molecule has 0 aliphatic rings. The van der Waals surface area contributed by atoms with Gasteiger partial charge in [0.2, 0.25) is 17.1 Å². The van der Waals surface area contributed by atoms with Crippen molar-refractivity contribution < 1.29 is 9.59 Å². The van der Waals surface area contributed by atoms with Crippen molar-refractivity contribution >= 4 is 50.8 Å². The summed E-state index contributed by atoms with van der Waals surface area (Å²) in [6, 6.07) is 1.86. The molecule has 0 unspecified atom stereocenters. The Hall–Kier alpha value is -1.93. The largest absolute Gasteiger partial charge is 0.368 e. The number of amides is 2. The number of rotatable bonds is 5.